The lowest BCUT2D eigenvalue weighted by atomic mass is 9.88. The van der Waals surface area contributed by atoms with Crippen LogP contribution in [0.3, 0.4) is 0 Å². The number of rotatable bonds is 5. The van der Waals surface area contributed by atoms with E-state index in [0.29, 0.717) is 13.1 Å². The summed E-state index contributed by atoms with van der Waals surface area (Å²) in [4.78, 5) is 26.4. The molecule has 2 amide bonds. The summed E-state index contributed by atoms with van der Waals surface area (Å²) in [6.07, 6.45) is 3.82. The molecule has 5 nitrogen and oxygen atoms in total. The van der Waals surface area contributed by atoms with E-state index in [1.165, 1.54) is 0 Å². The Kier molecular flexibility index (Phi) is 5.48. The number of likely N-dealkylation sites (tertiary alicyclic amines) is 1. The van der Waals surface area contributed by atoms with Crippen LogP contribution in [0.25, 0.3) is 0 Å². The first-order valence-electron chi connectivity index (χ1n) is 8.42. The molecule has 126 valence electrons. The molecule has 0 unspecified atom stereocenters. The quantitative estimate of drug-likeness (QED) is 0.842. The average Bonchev–Trinajstić information content (AvgIpc) is 3.30. The highest BCUT2D eigenvalue weighted by Crippen LogP contribution is 2.32. The molecule has 2 aliphatic rings. The van der Waals surface area contributed by atoms with Gasteiger partial charge in [-0.05, 0) is 31.1 Å². The zero-order chi connectivity index (χ0) is 16.3. The van der Waals surface area contributed by atoms with E-state index in [1.54, 1.807) is 7.11 Å². The molecule has 1 N–H and O–H groups in total. The number of piperidine rings is 1. The van der Waals surface area contributed by atoms with Crippen LogP contribution in [0.15, 0.2) is 0 Å². The minimum absolute atomic E-state index is 0.00996. The number of amides is 2. The van der Waals surface area contributed by atoms with Gasteiger partial charge in [0.25, 0.3) is 0 Å². The average molecular weight is 310 g/mol. The van der Waals surface area contributed by atoms with Gasteiger partial charge in [-0.3, -0.25) is 9.59 Å². The molecule has 1 saturated heterocycles. The molecule has 0 aromatic carbocycles. The van der Waals surface area contributed by atoms with Gasteiger partial charge >= 0.3 is 0 Å². The summed E-state index contributed by atoms with van der Waals surface area (Å²) in [6.45, 7) is 8.21. The predicted molar refractivity (Wildman–Crippen MR) is 85.3 cm³/mol. The second-order valence-electron chi connectivity index (χ2n) is 7.73. The Morgan fingerprint density at radius 3 is 2.45 bits per heavy atom. The molecule has 0 spiro atoms. The molecule has 2 fully saturated rings. The summed E-state index contributed by atoms with van der Waals surface area (Å²) >= 11 is 0. The number of nitrogens with zero attached hydrogens (tertiary/aromatic N) is 1. The Labute approximate surface area is 133 Å². The summed E-state index contributed by atoms with van der Waals surface area (Å²) in [5, 5.41) is 3.01. The van der Waals surface area contributed by atoms with Crippen molar-refractivity contribution in [1.29, 1.82) is 0 Å². The molecule has 2 rings (SSSR count). The van der Waals surface area contributed by atoms with Crippen molar-refractivity contribution in [3.8, 4) is 0 Å². The smallest absolute Gasteiger partial charge is 0.225 e. The van der Waals surface area contributed by atoms with Crippen molar-refractivity contribution in [3.05, 3.63) is 0 Å². The van der Waals surface area contributed by atoms with Crippen molar-refractivity contribution >= 4 is 11.8 Å². The highest BCUT2D eigenvalue weighted by Gasteiger charge is 2.37. The zero-order valence-electron chi connectivity index (χ0n) is 14.4. The van der Waals surface area contributed by atoms with Gasteiger partial charge in [-0.15, -0.1) is 0 Å². The van der Waals surface area contributed by atoms with E-state index in [1.807, 2.05) is 4.90 Å². The first kappa shape index (κ1) is 17.3. The lowest BCUT2D eigenvalue weighted by molar-refractivity contribution is -0.137. The summed E-state index contributed by atoms with van der Waals surface area (Å²) < 4.78 is 5.47. The van der Waals surface area contributed by atoms with Crippen LogP contribution in [-0.2, 0) is 14.3 Å². The third-order valence-corrected chi connectivity index (χ3v) is 4.74. The monoisotopic (exact) mass is 310 g/mol. The number of ether oxygens (including phenoxy) is 1. The number of hydrogen-bond acceptors (Lipinski definition) is 3. The van der Waals surface area contributed by atoms with Crippen LogP contribution in [0.4, 0.5) is 0 Å². The van der Waals surface area contributed by atoms with Gasteiger partial charge in [-0.25, -0.2) is 0 Å². The highest BCUT2D eigenvalue weighted by atomic mass is 16.5. The van der Waals surface area contributed by atoms with Gasteiger partial charge < -0.3 is 15.0 Å². The normalized spacial score (nSPS) is 24.0. The molecule has 0 bridgehead atoms. The third kappa shape index (κ3) is 4.45. The number of carbonyl (C=O) groups is 2. The Hall–Kier alpha value is -1.10. The molecule has 1 aliphatic carbocycles. The van der Waals surface area contributed by atoms with E-state index in [-0.39, 0.29) is 35.2 Å². The number of methoxy groups -OCH3 is 1. The maximum atomic E-state index is 12.4. The van der Waals surface area contributed by atoms with Crippen LogP contribution in [0.1, 0.15) is 46.5 Å². The lowest BCUT2D eigenvalue weighted by Gasteiger charge is -2.33. The first-order chi connectivity index (χ1) is 10.3. The molecule has 22 heavy (non-hydrogen) atoms. The Bertz CT molecular complexity index is 413. The minimum Gasteiger partial charge on any atom is -0.379 e. The van der Waals surface area contributed by atoms with Crippen LogP contribution in [0.5, 0.6) is 0 Å². The van der Waals surface area contributed by atoms with E-state index in [0.717, 1.165) is 32.2 Å². The molecule has 1 heterocycles. The third-order valence-electron chi connectivity index (χ3n) is 4.74. The highest BCUT2D eigenvalue weighted by molar-refractivity contribution is 5.83. The lowest BCUT2D eigenvalue weighted by Crippen LogP contribution is -2.48. The zero-order valence-corrected chi connectivity index (χ0v) is 14.4. The first-order valence-corrected chi connectivity index (χ1v) is 8.42. The summed E-state index contributed by atoms with van der Waals surface area (Å²) in [5.74, 6) is 0.469. The van der Waals surface area contributed by atoms with Crippen LogP contribution >= 0.6 is 0 Å². The summed E-state index contributed by atoms with van der Waals surface area (Å²) in [5.41, 5.74) is -0.0113. The molecular formula is C17H30N2O3. The van der Waals surface area contributed by atoms with Crippen LogP contribution in [-0.4, -0.2) is 49.6 Å². The fourth-order valence-electron chi connectivity index (χ4n) is 3.06. The van der Waals surface area contributed by atoms with Crippen molar-refractivity contribution in [2.24, 2.45) is 17.3 Å². The molecule has 2 atom stereocenters. The Morgan fingerprint density at radius 1 is 1.23 bits per heavy atom. The van der Waals surface area contributed by atoms with Gasteiger partial charge in [0.2, 0.25) is 11.8 Å². The molecular weight excluding hydrogens is 280 g/mol. The van der Waals surface area contributed by atoms with Crippen molar-refractivity contribution in [2.75, 3.05) is 26.7 Å². The molecule has 1 saturated carbocycles. The number of hydrogen-bond donors (Lipinski definition) is 1. The topological polar surface area (TPSA) is 58.6 Å². The molecule has 0 aromatic heterocycles. The molecule has 5 heteroatoms. The second-order valence-corrected chi connectivity index (χ2v) is 7.73. The van der Waals surface area contributed by atoms with Gasteiger partial charge in [0, 0.05) is 32.7 Å². The largest absolute Gasteiger partial charge is 0.379 e. The van der Waals surface area contributed by atoms with Gasteiger partial charge in [-0.2, -0.15) is 0 Å². The van der Waals surface area contributed by atoms with Crippen molar-refractivity contribution in [3.63, 3.8) is 0 Å². The van der Waals surface area contributed by atoms with Crippen molar-refractivity contribution in [1.82, 2.24) is 10.2 Å². The molecule has 0 radical (unpaired) electrons. The van der Waals surface area contributed by atoms with E-state index in [2.05, 4.69) is 26.1 Å². The van der Waals surface area contributed by atoms with Gasteiger partial charge in [-0.1, -0.05) is 20.8 Å². The van der Waals surface area contributed by atoms with Gasteiger partial charge in [0.15, 0.2) is 0 Å². The van der Waals surface area contributed by atoms with E-state index < -0.39 is 0 Å². The van der Waals surface area contributed by atoms with E-state index in [4.69, 9.17) is 4.74 Å². The van der Waals surface area contributed by atoms with Crippen molar-refractivity contribution in [2.45, 2.75) is 52.6 Å². The maximum Gasteiger partial charge on any atom is 0.225 e. The summed E-state index contributed by atoms with van der Waals surface area (Å²) in [6, 6.07) is 0. The maximum absolute atomic E-state index is 12.4. The van der Waals surface area contributed by atoms with Gasteiger partial charge in [0.1, 0.15) is 0 Å². The van der Waals surface area contributed by atoms with Crippen LogP contribution in [0, 0.1) is 17.3 Å². The Morgan fingerprint density at radius 2 is 1.91 bits per heavy atom. The molecule has 1 aliphatic heterocycles. The number of nitrogens with one attached hydrogen (secondary N) is 1. The standard InChI is InChI=1S/C17H30N2O3/c1-17(2,3)14(22-4)10-18-15(20)13-6-5-9-19(11-13)16(21)12-7-8-12/h12-14H,5-11H2,1-4H3,(H,18,20)/t13-,14+/m1/s1. The fraction of sp³-hybridized carbons (Fsp3) is 0.882. The fourth-order valence-corrected chi connectivity index (χ4v) is 3.06. The van der Waals surface area contributed by atoms with Crippen LogP contribution < -0.4 is 5.32 Å². The van der Waals surface area contributed by atoms with E-state index in [9.17, 15) is 9.59 Å². The SMILES string of the molecule is CO[C@@H](CNC(=O)[C@@H]1CCCN(C(=O)C2CC2)C1)C(C)(C)C. The molecule has 0 aromatic rings. The van der Waals surface area contributed by atoms with Crippen molar-refractivity contribution < 1.29 is 14.3 Å². The summed E-state index contributed by atoms with van der Waals surface area (Å²) in [7, 11) is 1.68. The van der Waals surface area contributed by atoms with Crippen LogP contribution in [0.2, 0.25) is 0 Å². The minimum atomic E-state index is -0.0751. The van der Waals surface area contributed by atoms with E-state index >= 15 is 0 Å². The predicted octanol–water partition coefficient (Wildman–Crippen LogP) is 1.81. The van der Waals surface area contributed by atoms with Gasteiger partial charge in [0.05, 0.1) is 12.0 Å². The Balaban J connectivity index is 1.82. The number of carbonyl (C=O) groups excluding carboxylic acids is 2. The second kappa shape index (κ2) is 6.99.